The minimum atomic E-state index is -0.413. The van der Waals surface area contributed by atoms with Crippen molar-refractivity contribution in [1.29, 1.82) is 0 Å². The number of carbonyl (C=O) groups excluding carboxylic acids is 1. The zero-order valence-electron chi connectivity index (χ0n) is 12.4. The van der Waals surface area contributed by atoms with Crippen LogP contribution in [0.2, 0.25) is 0 Å². The van der Waals surface area contributed by atoms with Crippen LogP contribution in [0.4, 0.5) is 0 Å². The van der Waals surface area contributed by atoms with Crippen LogP contribution in [0.1, 0.15) is 16.1 Å². The molecule has 0 saturated heterocycles. The lowest BCUT2D eigenvalue weighted by atomic mass is 10.1. The minimum Gasteiger partial charge on any atom is -0.497 e. The maximum Gasteiger partial charge on any atom is 0.217 e. The lowest BCUT2D eigenvalue weighted by Crippen LogP contribution is -2.19. The summed E-state index contributed by atoms with van der Waals surface area (Å²) in [4.78, 5) is 24.5. The number of benzene rings is 2. The molecule has 3 aromatic rings. The number of hydrogen-bond donors (Lipinski definition) is 1. The summed E-state index contributed by atoms with van der Waals surface area (Å²) in [5.74, 6) is 0.327. The number of nitrogens with zero attached hydrogens (tertiary/aromatic N) is 1. The molecule has 23 heavy (non-hydrogen) atoms. The summed E-state index contributed by atoms with van der Waals surface area (Å²) in [5.41, 5.74) is 1.23. The number of nitrogens with one attached hydrogen (secondary N) is 1. The van der Waals surface area contributed by atoms with E-state index in [1.807, 2.05) is 12.1 Å². The van der Waals surface area contributed by atoms with Crippen molar-refractivity contribution >= 4 is 5.78 Å². The van der Waals surface area contributed by atoms with Gasteiger partial charge in [0, 0.05) is 11.6 Å². The minimum absolute atomic E-state index is 0.117. The van der Waals surface area contributed by atoms with E-state index in [-0.39, 0.29) is 5.69 Å². The summed E-state index contributed by atoms with van der Waals surface area (Å²) >= 11 is 0. The summed E-state index contributed by atoms with van der Waals surface area (Å²) in [6.45, 7) is 0. The maximum absolute atomic E-state index is 12.3. The fourth-order valence-corrected chi connectivity index (χ4v) is 2.21. The van der Waals surface area contributed by atoms with Crippen LogP contribution >= 0.6 is 0 Å². The fourth-order valence-electron chi connectivity index (χ4n) is 2.21. The average Bonchev–Trinajstić information content (AvgIpc) is 2.62. The van der Waals surface area contributed by atoms with Crippen molar-refractivity contribution in [3.8, 4) is 17.0 Å². The molecule has 5 heteroatoms. The number of rotatable bonds is 4. The largest absolute Gasteiger partial charge is 0.497 e. The molecule has 1 aromatic heterocycles. The molecule has 0 aliphatic rings. The Hall–Kier alpha value is -3.21. The molecule has 0 atom stereocenters. The molecule has 0 radical (unpaired) electrons. The molecule has 0 aliphatic heterocycles. The number of methoxy groups -OCH3 is 1. The topological polar surface area (TPSA) is 72.1 Å². The van der Waals surface area contributed by atoms with Gasteiger partial charge in [0.1, 0.15) is 5.75 Å². The molecule has 1 heterocycles. The van der Waals surface area contributed by atoms with Gasteiger partial charge in [-0.1, -0.05) is 30.3 Å². The van der Waals surface area contributed by atoms with Crippen molar-refractivity contribution in [2.75, 3.05) is 7.11 Å². The molecule has 2 aromatic carbocycles. The molecule has 114 valence electrons. The number of carbonyl (C=O) groups is 1. The summed E-state index contributed by atoms with van der Waals surface area (Å²) < 4.78 is 5.10. The van der Waals surface area contributed by atoms with E-state index in [1.54, 1.807) is 49.6 Å². The average molecular weight is 306 g/mol. The highest BCUT2D eigenvalue weighted by molar-refractivity contribution is 6.07. The van der Waals surface area contributed by atoms with Gasteiger partial charge in [0.15, 0.2) is 5.69 Å². The number of ketones is 1. The third kappa shape index (κ3) is 3.03. The summed E-state index contributed by atoms with van der Waals surface area (Å²) in [6, 6.07) is 17.2. The van der Waals surface area contributed by atoms with Gasteiger partial charge in [0.2, 0.25) is 11.2 Å². The smallest absolute Gasteiger partial charge is 0.217 e. The highest BCUT2D eigenvalue weighted by Crippen LogP contribution is 2.19. The summed E-state index contributed by atoms with van der Waals surface area (Å²) in [6.07, 6.45) is 0. The second-order valence-electron chi connectivity index (χ2n) is 4.92. The number of ether oxygens (including phenoxy) is 1. The molecule has 1 N–H and O–H groups in total. The SMILES string of the molecule is COc1ccc(-c2cc(=O)c(C(=O)c3ccccc3)n[nH]2)cc1. The standard InChI is InChI=1S/C18H14N2O3/c1-23-14-9-7-12(8-10-14)15-11-16(21)17(20-19-15)18(22)13-5-3-2-4-6-13/h2-11H,1H3,(H,19,21). The van der Waals surface area contributed by atoms with Crippen LogP contribution < -0.4 is 10.2 Å². The molecule has 0 saturated carbocycles. The quantitative estimate of drug-likeness (QED) is 0.752. The Morgan fingerprint density at radius 1 is 1.04 bits per heavy atom. The molecule has 3 rings (SSSR count). The first-order chi connectivity index (χ1) is 11.2. The van der Waals surface area contributed by atoms with E-state index >= 15 is 0 Å². The van der Waals surface area contributed by atoms with E-state index in [2.05, 4.69) is 10.2 Å². The van der Waals surface area contributed by atoms with E-state index in [1.165, 1.54) is 6.07 Å². The molecule has 0 aliphatic carbocycles. The third-order valence-corrected chi connectivity index (χ3v) is 3.45. The van der Waals surface area contributed by atoms with Gasteiger partial charge >= 0.3 is 0 Å². The van der Waals surface area contributed by atoms with Gasteiger partial charge in [-0.25, -0.2) is 0 Å². The van der Waals surface area contributed by atoms with Crippen LogP contribution in [-0.2, 0) is 0 Å². The summed E-state index contributed by atoms with van der Waals surface area (Å²) in [7, 11) is 1.59. The maximum atomic E-state index is 12.3. The Kier molecular flexibility index (Phi) is 4.01. The van der Waals surface area contributed by atoms with E-state index < -0.39 is 11.2 Å². The van der Waals surface area contributed by atoms with Crippen LogP contribution in [0.5, 0.6) is 5.75 Å². The van der Waals surface area contributed by atoms with Crippen molar-refractivity contribution in [3.63, 3.8) is 0 Å². The first kappa shape index (κ1) is 14.7. The molecule has 0 bridgehead atoms. The number of hydrogen-bond acceptors (Lipinski definition) is 4. The zero-order chi connectivity index (χ0) is 16.2. The molecule has 0 amide bonds. The molecular weight excluding hydrogens is 292 g/mol. The van der Waals surface area contributed by atoms with E-state index in [4.69, 9.17) is 4.74 Å². The van der Waals surface area contributed by atoms with Crippen LogP contribution in [0.3, 0.4) is 0 Å². The van der Waals surface area contributed by atoms with Gasteiger partial charge in [-0.05, 0) is 29.8 Å². The Morgan fingerprint density at radius 3 is 2.35 bits per heavy atom. The van der Waals surface area contributed by atoms with Crippen molar-refractivity contribution < 1.29 is 9.53 Å². The molecule has 5 nitrogen and oxygen atoms in total. The van der Waals surface area contributed by atoms with Crippen LogP contribution in [0.15, 0.2) is 65.5 Å². The second-order valence-corrected chi connectivity index (χ2v) is 4.92. The predicted octanol–water partition coefficient (Wildman–Crippen LogP) is 2.68. The first-order valence-electron chi connectivity index (χ1n) is 7.03. The molecular formula is C18H14N2O3. The van der Waals surface area contributed by atoms with Crippen molar-refractivity contribution in [3.05, 3.63) is 82.1 Å². The van der Waals surface area contributed by atoms with Crippen LogP contribution in [0.25, 0.3) is 11.3 Å². The lowest BCUT2D eigenvalue weighted by Gasteiger charge is -2.04. The van der Waals surface area contributed by atoms with Crippen LogP contribution in [-0.4, -0.2) is 23.1 Å². The molecule has 0 fully saturated rings. The van der Waals surface area contributed by atoms with Gasteiger partial charge in [0.05, 0.1) is 12.8 Å². The van der Waals surface area contributed by atoms with Gasteiger partial charge in [-0.3, -0.25) is 14.7 Å². The van der Waals surface area contributed by atoms with Crippen molar-refractivity contribution in [2.24, 2.45) is 0 Å². The summed E-state index contributed by atoms with van der Waals surface area (Å²) in [5, 5.41) is 6.73. The number of aromatic amines is 1. The lowest BCUT2D eigenvalue weighted by molar-refractivity contribution is 0.103. The highest BCUT2D eigenvalue weighted by atomic mass is 16.5. The van der Waals surface area contributed by atoms with E-state index in [9.17, 15) is 9.59 Å². The van der Waals surface area contributed by atoms with Gasteiger partial charge in [0.25, 0.3) is 0 Å². The number of aromatic nitrogens is 2. The third-order valence-electron chi connectivity index (χ3n) is 3.45. The predicted molar refractivity (Wildman–Crippen MR) is 86.7 cm³/mol. The van der Waals surface area contributed by atoms with Crippen molar-refractivity contribution in [2.45, 2.75) is 0 Å². The van der Waals surface area contributed by atoms with E-state index in [0.29, 0.717) is 11.3 Å². The Bertz CT molecular complexity index is 884. The second kappa shape index (κ2) is 6.27. The zero-order valence-corrected chi connectivity index (χ0v) is 12.4. The van der Waals surface area contributed by atoms with Gasteiger partial charge < -0.3 is 4.74 Å². The number of H-pyrrole nitrogens is 1. The Labute approximate surface area is 132 Å². The normalized spacial score (nSPS) is 10.3. The fraction of sp³-hybridized carbons (Fsp3) is 0.0556. The monoisotopic (exact) mass is 306 g/mol. The van der Waals surface area contributed by atoms with Gasteiger partial charge in [-0.2, -0.15) is 5.10 Å². The van der Waals surface area contributed by atoms with E-state index in [0.717, 1.165) is 11.3 Å². The molecule has 0 unspecified atom stereocenters. The Morgan fingerprint density at radius 2 is 1.74 bits per heavy atom. The van der Waals surface area contributed by atoms with Crippen molar-refractivity contribution in [1.82, 2.24) is 10.2 Å². The Balaban J connectivity index is 1.94. The van der Waals surface area contributed by atoms with Crippen LogP contribution in [0, 0.1) is 0 Å². The highest BCUT2D eigenvalue weighted by Gasteiger charge is 2.15. The first-order valence-corrected chi connectivity index (χ1v) is 7.03. The molecule has 0 spiro atoms. The van der Waals surface area contributed by atoms with Gasteiger partial charge in [-0.15, -0.1) is 0 Å².